The zero-order chi connectivity index (χ0) is 23.2. The average Bonchev–Trinajstić information content (AvgIpc) is 3.25. The molecule has 1 saturated carbocycles. The van der Waals surface area contributed by atoms with Crippen LogP contribution in [0, 0.1) is 0 Å². The molecule has 1 heterocycles. The Hall–Kier alpha value is -1.81. The number of hydrogen-bond donors (Lipinski definition) is 0. The number of alkyl halides is 3. The van der Waals surface area contributed by atoms with Crippen LogP contribution in [0.1, 0.15) is 43.6 Å². The largest absolute Gasteiger partial charge is 0.741 e. The number of hydrogen-bond acceptors (Lipinski definition) is 4. The number of halogens is 3. The lowest BCUT2D eigenvalue weighted by Gasteiger charge is -2.20. The number of rotatable bonds is 4. The maximum Gasteiger partial charge on any atom is 0.485 e. The van der Waals surface area contributed by atoms with E-state index in [2.05, 4.69) is 72.1 Å². The van der Waals surface area contributed by atoms with Crippen molar-refractivity contribution < 1.29 is 26.1 Å². The van der Waals surface area contributed by atoms with Gasteiger partial charge in [0, 0.05) is 6.07 Å². The summed E-state index contributed by atoms with van der Waals surface area (Å²) in [4.78, 5) is 2.83. The van der Waals surface area contributed by atoms with Crippen LogP contribution in [0.4, 0.5) is 13.2 Å². The molecule has 0 atom stereocenters. The van der Waals surface area contributed by atoms with E-state index in [0.717, 1.165) is 5.92 Å². The highest BCUT2D eigenvalue weighted by Crippen LogP contribution is 2.40. The molecule has 3 nitrogen and oxygen atoms in total. The average molecular weight is 501 g/mol. The van der Waals surface area contributed by atoms with Crippen LogP contribution in [0.3, 0.4) is 0 Å². The molecule has 172 valence electrons. The second kappa shape index (κ2) is 10.9. The number of benzene rings is 2. The first kappa shape index (κ1) is 24.8. The monoisotopic (exact) mass is 500 g/mol. The smallest absolute Gasteiger partial charge is 0.485 e. The Kier molecular flexibility index (Phi) is 8.43. The van der Waals surface area contributed by atoms with Crippen LogP contribution in [0.5, 0.6) is 0 Å². The van der Waals surface area contributed by atoms with E-state index in [4.69, 9.17) is 13.0 Å². The van der Waals surface area contributed by atoms with Crippen LogP contribution in [0.15, 0.2) is 86.1 Å². The lowest BCUT2D eigenvalue weighted by molar-refractivity contribution is -0.0517. The first-order valence-electron chi connectivity index (χ1n) is 10.1. The highest BCUT2D eigenvalue weighted by molar-refractivity contribution is 7.98. The molecule has 1 aliphatic carbocycles. The molecule has 0 aliphatic heterocycles. The molecule has 3 aromatic rings. The Morgan fingerprint density at radius 1 is 0.875 bits per heavy atom. The van der Waals surface area contributed by atoms with Gasteiger partial charge in [-0.05, 0) is 54.0 Å². The molecule has 32 heavy (non-hydrogen) atoms. The summed E-state index contributed by atoms with van der Waals surface area (Å²) in [6, 6.07) is 24.5. The zero-order valence-corrected chi connectivity index (χ0v) is 19.6. The molecule has 2 aromatic carbocycles. The van der Waals surface area contributed by atoms with Crippen LogP contribution < -0.4 is 0 Å². The van der Waals surface area contributed by atoms with Gasteiger partial charge >= 0.3 is 5.51 Å². The fraction of sp³-hybridized carbons (Fsp3) is 0.304. The molecule has 1 aliphatic rings. The predicted octanol–water partition coefficient (Wildman–Crippen LogP) is 6.94. The van der Waals surface area contributed by atoms with Crippen molar-refractivity contribution in [2.24, 2.45) is 0 Å². The van der Waals surface area contributed by atoms with Crippen LogP contribution in [0.2, 0.25) is 0 Å². The molecule has 1 fully saturated rings. The van der Waals surface area contributed by atoms with Crippen molar-refractivity contribution in [2.75, 3.05) is 0 Å². The van der Waals surface area contributed by atoms with Crippen molar-refractivity contribution in [1.29, 1.82) is 0 Å². The maximum absolute atomic E-state index is 10.7. The van der Waals surface area contributed by atoms with Gasteiger partial charge in [-0.3, -0.25) is 0 Å². The van der Waals surface area contributed by atoms with Gasteiger partial charge in [-0.2, -0.15) is 13.2 Å². The second-order valence-corrected chi connectivity index (χ2v) is 11.9. The minimum absolute atomic E-state index is 0.0203. The van der Waals surface area contributed by atoms with E-state index >= 15 is 0 Å². The van der Waals surface area contributed by atoms with Gasteiger partial charge in [0.2, 0.25) is 4.21 Å². The third kappa shape index (κ3) is 6.60. The SMILES string of the molecule is O=S(=O)([O-])C(F)(F)F.c1ccc([S+](c2ccccc2)c2cc(C3CCCCC3)cs2)cc1. The summed E-state index contributed by atoms with van der Waals surface area (Å²) < 4.78 is 60.4. The molecule has 0 N–H and O–H groups in total. The van der Waals surface area contributed by atoms with E-state index in [-0.39, 0.29) is 10.9 Å². The lowest BCUT2D eigenvalue weighted by atomic mass is 9.85. The fourth-order valence-corrected chi connectivity index (χ4v) is 7.24. The van der Waals surface area contributed by atoms with Gasteiger partial charge in [0.05, 0.1) is 0 Å². The van der Waals surface area contributed by atoms with Crippen molar-refractivity contribution >= 4 is 32.3 Å². The predicted molar refractivity (Wildman–Crippen MR) is 121 cm³/mol. The van der Waals surface area contributed by atoms with Crippen molar-refractivity contribution in [3.63, 3.8) is 0 Å². The zero-order valence-electron chi connectivity index (χ0n) is 17.1. The van der Waals surface area contributed by atoms with Gasteiger partial charge in [0.15, 0.2) is 19.9 Å². The van der Waals surface area contributed by atoms with E-state index < -0.39 is 15.6 Å². The Morgan fingerprint density at radius 2 is 1.34 bits per heavy atom. The summed E-state index contributed by atoms with van der Waals surface area (Å²) >= 11 is 1.95. The van der Waals surface area contributed by atoms with Gasteiger partial charge < -0.3 is 4.55 Å². The molecule has 1 aromatic heterocycles. The standard InChI is InChI=1S/C22H23S2.CHF3O3S/c1-4-10-18(11-5-1)19-16-22(23-17-19)24(20-12-6-2-7-13-20)21-14-8-3-9-15-21;2-1(3,4)8(5,6)7/h2-3,6-9,12-18H,1,4-5,10-11H2;(H,5,6,7)/q+1;/p-1. The molecular weight excluding hydrogens is 477 g/mol. The summed E-state index contributed by atoms with van der Waals surface area (Å²) in [7, 11) is -6.07. The quantitative estimate of drug-likeness (QED) is 0.221. The van der Waals surface area contributed by atoms with Gasteiger partial charge in [0.25, 0.3) is 0 Å². The third-order valence-corrected chi connectivity index (χ3v) is 9.22. The maximum atomic E-state index is 10.7. The van der Waals surface area contributed by atoms with Crippen molar-refractivity contribution in [1.82, 2.24) is 0 Å². The van der Waals surface area contributed by atoms with Crippen molar-refractivity contribution in [3.8, 4) is 0 Å². The molecule has 0 spiro atoms. The number of thiophene rings is 1. The van der Waals surface area contributed by atoms with E-state index in [0.29, 0.717) is 0 Å². The van der Waals surface area contributed by atoms with E-state index in [1.54, 1.807) is 5.56 Å². The summed E-state index contributed by atoms with van der Waals surface area (Å²) in [6.45, 7) is 0. The highest BCUT2D eigenvalue weighted by atomic mass is 32.2. The summed E-state index contributed by atoms with van der Waals surface area (Å²) in [5, 5.41) is 2.43. The molecule has 9 heteroatoms. The molecule has 0 bridgehead atoms. The second-order valence-electron chi connectivity index (χ2n) is 7.37. The van der Waals surface area contributed by atoms with Crippen LogP contribution in [-0.2, 0) is 21.0 Å². The Morgan fingerprint density at radius 3 is 1.78 bits per heavy atom. The van der Waals surface area contributed by atoms with E-state index in [9.17, 15) is 13.2 Å². The molecular formula is C23H23F3O3S3. The first-order valence-corrected chi connectivity index (χ1v) is 13.6. The molecule has 4 rings (SSSR count). The van der Waals surface area contributed by atoms with Crippen LogP contribution in [0.25, 0.3) is 0 Å². The molecule has 0 saturated heterocycles. The minimum atomic E-state index is -6.09. The summed E-state index contributed by atoms with van der Waals surface area (Å²) in [5.74, 6) is 0.792. The fourth-order valence-electron chi connectivity index (χ4n) is 3.57. The Bertz CT molecular complexity index is 1040. The minimum Gasteiger partial charge on any atom is -0.741 e. The van der Waals surface area contributed by atoms with Gasteiger partial charge in [0.1, 0.15) is 10.9 Å². The summed E-state index contributed by atoms with van der Waals surface area (Å²) in [6.07, 6.45) is 6.98. The van der Waals surface area contributed by atoms with Crippen molar-refractivity contribution in [2.45, 2.75) is 57.5 Å². The molecule has 0 radical (unpaired) electrons. The van der Waals surface area contributed by atoms with Gasteiger partial charge in [-0.1, -0.05) is 67.0 Å². The topological polar surface area (TPSA) is 57.2 Å². The van der Waals surface area contributed by atoms with Gasteiger partial charge in [-0.15, -0.1) is 0 Å². The highest BCUT2D eigenvalue weighted by Gasteiger charge is 2.37. The first-order chi connectivity index (χ1) is 15.2. The lowest BCUT2D eigenvalue weighted by Crippen LogP contribution is -2.21. The third-order valence-electron chi connectivity index (χ3n) is 5.11. The van der Waals surface area contributed by atoms with Gasteiger partial charge in [-0.25, -0.2) is 8.42 Å². The van der Waals surface area contributed by atoms with Crippen LogP contribution >= 0.6 is 11.3 Å². The van der Waals surface area contributed by atoms with Crippen LogP contribution in [-0.4, -0.2) is 18.5 Å². The Balaban J connectivity index is 0.000000312. The molecule has 0 unspecified atom stereocenters. The molecule has 0 amide bonds. The summed E-state index contributed by atoms with van der Waals surface area (Å²) in [5.41, 5.74) is -4.06. The Labute approximate surface area is 193 Å². The van der Waals surface area contributed by atoms with E-state index in [1.807, 2.05) is 11.3 Å². The van der Waals surface area contributed by atoms with E-state index in [1.165, 1.54) is 46.1 Å². The van der Waals surface area contributed by atoms with Crippen molar-refractivity contribution in [3.05, 3.63) is 77.7 Å². The normalized spacial score (nSPS) is 15.3.